The quantitative estimate of drug-likeness (QED) is 0.830. The Kier molecular flexibility index (Phi) is 2.60. The van der Waals surface area contributed by atoms with Gasteiger partial charge in [-0.25, -0.2) is 0 Å². The molecule has 1 aliphatic carbocycles. The van der Waals surface area contributed by atoms with Gasteiger partial charge in [0.25, 0.3) is 0 Å². The zero-order valence-electron chi connectivity index (χ0n) is 9.95. The van der Waals surface area contributed by atoms with E-state index in [4.69, 9.17) is 0 Å². The molecule has 2 heteroatoms. The van der Waals surface area contributed by atoms with Crippen molar-refractivity contribution < 1.29 is 0 Å². The van der Waals surface area contributed by atoms with Crippen LogP contribution in [0.1, 0.15) is 25.3 Å². The molecule has 1 aliphatic heterocycles. The van der Waals surface area contributed by atoms with Crippen LogP contribution in [-0.4, -0.2) is 25.2 Å². The summed E-state index contributed by atoms with van der Waals surface area (Å²) in [6.45, 7) is 4.61. The van der Waals surface area contributed by atoms with Gasteiger partial charge in [-0.2, -0.15) is 0 Å². The van der Waals surface area contributed by atoms with Gasteiger partial charge >= 0.3 is 0 Å². The second kappa shape index (κ2) is 4.10. The Hall–Kier alpha value is -1.02. The summed E-state index contributed by atoms with van der Waals surface area (Å²) in [6.07, 6.45) is 3.97. The Morgan fingerprint density at radius 2 is 2.12 bits per heavy atom. The summed E-state index contributed by atoms with van der Waals surface area (Å²) in [5, 5.41) is 3.59. The van der Waals surface area contributed by atoms with Gasteiger partial charge in [-0.1, -0.05) is 18.2 Å². The van der Waals surface area contributed by atoms with E-state index in [9.17, 15) is 0 Å². The minimum Gasteiger partial charge on any atom is -0.367 e. The van der Waals surface area contributed by atoms with Crippen LogP contribution in [0.15, 0.2) is 24.3 Å². The van der Waals surface area contributed by atoms with E-state index in [1.807, 2.05) is 0 Å². The zero-order chi connectivity index (χ0) is 11.0. The van der Waals surface area contributed by atoms with E-state index in [1.54, 1.807) is 0 Å². The second-order valence-electron chi connectivity index (χ2n) is 5.10. The maximum atomic E-state index is 3.59. The van der Waals surface area contributed by atoms with Crippen molar-refractivity contribution in [3.05, 3.63) is 29.8 Å². The van der Waals surface area contributed by atoms with Crippen LogP contribution in [0.3, 0.4) is 0 Å². The first-order chi connectivity index (χ1) is 7.84. The van der Waals surface area contributed by atoms with E-state index in [1.165, 1.54) is 30.5 Å². The minimum atomic E-state index is 0.665. The summed E-state index contributed by atoms with van der Waals surface area (Å²) in [7, 11) is 0. The largest absolute Gasteiger partial charge is 0.367 e. The lowest BCUT2D eigenvalue weighted by Gasteiger charge is -2.25. The number of hydrogen-bond donors (Lipinski definition) is 1. The number of nitrogens with one attached hydrogen (secondary N) is 1. The van der Waals surface area contributed by atoms with E-state index >= 15 is 0 Å². The summed E-state index contributed by atoms with van der Waals surface area (Å²) < 4.78 is 0. The van der Waals surface area contributed by atoms with Crippen LogP contribution in [0.2, 0.25) is 0 Å². The van der Waals surface area contributed by atoms with Gasteiger partial charge in [0.2, 0.25) is 0 Å². The maximum Gasteiger partial charge on any atom is 0.0402 e. The van der Waals surface area contributed by atoms with Gasteiger partial charge in [0, 0.05) is 30.9 Å². The molecule has 1 N–H and O–H groups in total. The fourth-order valence-electron chi connectivity index (χ4n) is 2.65. The molecule has 1 unspecified atom stereocenters. The molecule has 1 atom stereocenters. The fraction of sp³-hybridized carbons (Fsp3) is 0.571. The van der Waals surface area contributed by atoms with Gasteiger partial charge in [-0.3, -0.25) is 0 Å². The van der Waals surface area contributed by atoms with Gasteiger partial charge in [0.1, 0.15) is 0 Å². The SMILES string of the molecule is CC1Cc2ccccc2N1CCNC1CC1. The van der Waals surface area contributed by atoms with Crippen LogP contribution in [0, 0.1) is 0 Å². The Balaban J connectivity index is 1.64. The highest BCUT2D eigenvalue weighted by atomic mass is 15.2. The van der Waals surface area contributed by atoms with Crippen molar-refractivity contribution in [1.82, 2.24) is 5.32 Å². The maximum absolute atomic E-state index is 3.59. The van der Waals surface area contributed by atoms with Crippen molar-refractivity contribution >= 4 is 5.69 Å². The molecule has 1 aromatic rings. The summed E-state index contributed by atoms with van der Waals surface area (Å²) >= 11 is 0. The Labute approximate surface area is 97.6 Å². The van der Waals surface area contributed by atoms with E-state index in [2.05, 4.69) is 41.4 Å². The highest BCUT2D eigenvalue weighted by molar-refractivity contribution is 5.59. The third-order valence-electron chi connectivity index (χ3n) is 3.71. The van der Waals surface area contributed by atoms with Crippen molar-refractivity contribution in [3.63, 3.8) is 0 Å². The van der Waals surface area contributed by atoms with Crippen molar-refractivity contribution in [1.29, 1.82) is 0 Å². The number of nitrogens with zero attached hydrogens (tertiary/aromatic N) is 1. The van der Waals surface area contributed by atoms with Crippen LogP contribution < -0.4 is 10.2 Å². The predicted molar refractivity (Wildman–Crippen MR) is 68.0 cm³/mol. The molecule has 0 bridgehead atoms. The van der Waals surface area contributed by atoms with Crippen molar-refractivity contribution in [3.8, 4) is 0 Å². The molecule has 0 saturated heterocycles. The number of fused-ring (bicyclic) bond motifs is 1. The first kappa shape index (κ1) is 10.2. The van der Waals surface area contributed by atoms with E-state index in [0.29, 0.717) is 6.04 Å². The smallest absolute Gasteiger partial charge is 0.0402 e. The molecule has 1 fully saturated rings. The molecule has 1 heterocycles. The topological polar surface area (TPSA) is 15.3 Å². The molecule has 0 aromatic heterocycles. The van der Waals surface area contributed by atoms with Crippen molar-refractivity contribution in [2.45, 2.75) is 38.3 Å². The molecule has 0 amide bonds. The fourth-order valence-corrected chi connectivity index (χ4v) is 2.65. The van der Waals surface area contributed by atoms with Gasteiger partial charge in [0.15, 0.2) is 0 Å². The van der Waals surface area contributed by atoms with Crippen LogP contribution in [-0.2, 0) is 6.42 Å². The van der Waals surface area contributed by atoms with Gasteiger partial charge in [-0.05, 0) is 37.8 Å². The summed E-state index contributed by atoms with van der Waals surface area (Å²) in [5.41, 5.74) is 2.97. The number of para-hydroxylation sites is 1. The predicted octanol–water partition coefficient (Wildman–Crippen LogP) is 2.19. The van der Waals surface area contributed by atoms with Gasteiger partial charge < -0.3 is 10.2 Å². The number of hydrogen-bond acceptors (Lipinski definition) is 2. The van der Waals surface area contributed by atoms with Crippen LogP contribution in [0.25, 0.3) is 0 Å². The molecular formula is C14H20N2. The zero-order valence-corrected chi connectivity index (χ0v) is 9.95. The number of anilines is 1. The molecule has 1 saturated carbocycles. The first-order valence-electron chi connectivity index (χ1n) is 6.42. The highest BCUT2D eigenvalue weighted by Gasteiger charge is 2.26. The van der Waals surface area contributed by atoms with E-state index < -0.39 is 0 Å². The average molecular weight is 216 g/mol. The number of rotatable bonds is 4. The van der Waals surface area contributed by atoms with Gasteiger partial charge in [0.05, 0.1) is 0 Å². The lowest BCUT2D eigenvalue weighted by Crippen LogP contribution is -2.36. The average Bonchev–Trinajstić information content (AvgIpc) is 3.04. The molecule has 1 aromatic carbocycles. The van der Waals surface area contributed by atoms with E-state index in [0.717, 1.165) is 19.1 Å². The third-order valence-corrected chi connectivity index (χ3v) is 3.71. The Bertz CT molecular complexity index is 371. The summed E-state index contributed by atoms with van der Waals surface area (Å²) in [6, 6.07) is 10.3. The lowest BCUT2D eigenvalue weighted by atomic mass is 10.1. The highest BCUT2D eigenvalue weighted by Crippen LogP contribution is 2.31. The van der Waals surface area contributed by atoms with Crippen molar-refractivity contribution in [2.24, 2.45) is 0 Å². The van der Waals surface area contributed by atoms with Crippen molar-refractivity contribution in [2.75, 3.05) is 18.0 Å². The standard InChI is InChI=1S/C14H20N2/c1-11-10-12-4-2-3-5-14(12)16(11)9-8-15-13-6-7-13/h2-5,11,13,15H,6-10H2,1H3. The monoisotopic (exact) mass is 216 g/mol. The second-order valence-corrected chi connectivity index (χ2v) is 5.10. The van der Waals surface area contributed by atoms with Crippen LogP contribution in [0.4, 0.5) is 5.69 Å². The van der Waals surface area contributed by atoms with Crippen LogP contribution >= 0.6 is 0 Å². The normalized spacial score (nSPS) is 23.6. The minimum absolute atomic E-state index is 0.665. The molecular weight excluding hydrogens is 196 g/mol. The first-order valence-corrected chi connectivity index (χ1v) is 6.42. The molecule has 3 rings (SSSR count). The third kappa shape index (κ3) is 1.94. The van der Waals surface area contributed by atoms with E-state index in [-0.39, 0.29) is 0 Å². The number of benzene rings is 1. The Morgan fingerprint density at radius 1 is 1.31 bits per heavy atom. The lowest BCUT2D eigenvalue weighted by molar-refractivity contribution is 0.616. The summed E-state index contributed by atoms with van der Waals surface area (Å²) in [4.78, 5) is 2.55. The molecule has 86 valence electrons. The Morgan fingerprint density at radius 3 is 2.94 bits per heavy atom. The molecule has 0 radical (unpaired) electrons. The molecule has 2 nitrogen and oxygen atoms in total. The molecule has 0 spiro atoms. The molecule has 16 heavy (non-hydrogen) atoms. The molecule has 2 aliphatic rings. The van der Waals surface area contributed by atoms with Crippen LogP contribution in [0.5, 0.6) is 0 Å². The summed E-state index contributed by atoms with van der Waals surface area (Å²) in [5.74, 6) is 0. The van der Waals surface area contributed by atoms with Gasteiger partial charge in [-0.15, -0.1) is 0 Å².